The molecule has 1 aromatic carbocycles. The van der Waals surface area contributed by atoms with E-state index in [-0.39, 0.29) is 11.8 Å². The molecule has 0 saturated carbocycles. The average Bonchev–Trinajstić information content (AvgIpc) is 2.53. The van der Waals surface area contributed by atoms with Gasteiger partial charge in [0, 0.05) is 25.4 Å². The van der Waals surface area contributed by atoms with Gasteiger partial charge < -0.3 is 14.8 Å². The highest BCUT2D eigenvalue weighted by molar-refractivity contribution is 5.98. The zero-order valence-electron chi connectivity index (χ0n) is 11.9. The van der Waals surface area contributed by atoms with Gasteiger partial charge in [0.25, 0.3) is 5.91 Å². The van der Waals surface area contributed by atoms with Gasteiger partial charge in [-0.1, -0.05) is 24.2 Å². The van der Waals surface area contributed by atoms with Crippen molar-refractivity contribution in [2.45, 2.75) is 19.8 Å². The lowest BCUT2D eigenvalue weighted by Crippen LogP contribution is -2.44. The molecule has 0 spiro atoms. The van der Waals surface area contributed by atoms with Crippen LogP contribution in [0.25, 0.3) is 0 Å². The summed E-state index contributed by atoms with van der Waals surface area (Å²) in [7, 11) is 1.56. The minimum Gasteiger partial charge on any atom is -0.496 e. The van der Waals surface area contributed by atoms with Crippen LogP contribution < -0.4 is 4.74 Å². The number of nitrogens with zero attached hydrogens (tertiary/aromatic N) is 2. The molecule has 1 aromatic rings. The second kappa shape index (κ2) is 6.41. The lowest BCUT2D eigenvalue weighted by atomic mass is 9.93. The summed E-state index contributed by atoms with van der Waals surface area (Å²) in [5.41, 5.74) is 1.37. The number of methoxy groups -OCH3 is 1. The number of ether oxygens (including phenoxy) is 1. The van der Waals surface area contributed by atoms with E-state index in [2.05, 4.69) is 5.16 Å². The van der Waals surface area contributed by atoms with E-state index in [1.807, 2.05) is 19.1 Å². The van der Waals surface area contributed by atoms with Gasteiger partial charge in [0.15, 0.2) is 0 Å². The third-order valence-electron chi connectivity index (χ3n) is 3.80. The summed E-state index contributed by atoms with van der Waals surface area (Å²) in [6.45, 7) is 3.20. The molecular weight excluding hydrogens is 256 g/mol. The summed E-state index contributed by atoms with van der Waals surface area (Å²) in [6, 6.07) is 7.24. The Labute approximate surface area is 118 Å². The van der Waals surface area contributed by atoms with Gasteiger partial charge in [0.05, 0.1) is 18.4 Å². The van der Waals surface area contributed by atoms with Crippen LogP contribution in [0.2, 0.25) is 0 Å². The molecule has 1 heterocycles. The second-order valence-electron chi connectivity index (χ2n) is 4.90. The van der Waals surface area contributed by atoms with E-state index < -0.39 is 0 Å². The predicted molar refractivity (Wildman–Crippen MR) is 76.5 cm³/mol. The molecule has 2 rings (SSSR count). The third kappa shape index (κ3) is 2.76. The lowest BCUT2D eigenvalue weighted by molar-refractivity contribution is 0.0725. The highest BCUT2D eigenvalue weighted by Gasteiger charge is 2.29. The van der Waals surface area contributed by atoms with Crippen molar-refractivity contribution >= 4 is 11.6 Å². The van der Waals surface area contributed by atoms with Crippen molar-refractivity contribution in [2.24, 2.45) is 11.1 Å². The van der Waals surface area contributed by atoms with Crippen molar-refractivity contribution in [3.8, 4) is 5.75 Å². The number of hydrogen-bond acceptors (Lipinski definition) is 4. The van der Waals surface area contributed by atoms with Crippen molar-refractivity contribution in [3.63, 3.8) is 0 Å². The monoisotopic (exact) mass is 276 g/mol. The summed E-state index contributed by atoms with van der Waals surface area (Å²) in [6.07, 6.45) is 1.48. The Bertz CT molecular complexity index is 514. The van der Waals surface area contributed by atoms with Gasteiger partial charge in [-0.05, 0) is 18.6 Å². The van der Waals surface area contributed by atoms with E-state index in [9.17, 15) is 4.79 Å². The predicted octanol–water partition coefficient (Wildman–Crippen LogP) is 2.40. The fourth-order valence-corrected chi connectivity index (χ4v) is 2.59. The minimum atomic E-state index is -0.0297. The van der Waals surface area contributed by atoms with Gasteiger partial charge in [0.1, 0.15) is 5.75 Å². The second-order valence-corrected chi connectivity index (χ2v) is 4.90. The SMILES string of the molecule is CCC1CN(C(=O)c2ccccc2OC)CC/C1=N\O. The topological polar surface area (TPSA) is 62.1 Å². The molecule has 0 bridgehead atoms. The molecule has 1 aliphatic heterocycles. The highest BCUT2D eigenvalue weighted by Crippen LogP contribution is 2.23. The molecule has 20 heavy (non-hydrogen) atoms. The normalized spacial score (nSPS) is 21.0. The number of oxime groups is 1. The first-order valence-electron chi connectivity index (χ1n) is 6.84. The van der Waals surface area contributed by atoms with E-state index in [1.54, 1.807) is 24.1 Å². The molecule has 5 nitrogen and oxygen atoms in total. The van der Waals surface area contributed by atoms with Crippen molar-refractivity contribution in [2.75, 3.05) is 20.2 Å². The number of para-hydroxylation sites is 1. The van der Waals surface area contributed by atoms with Gasteiger partial charge >= 0.3 is 0 Å². The first-order chi connectivity index (χ1) is 9.71. The highest BCUT2D eigenvalue weighted by atomic mass is 16.5. The molecule has 0 aromatic heterocycles. The number of piperidine rings is 1. The summed E-state index contributed by atoms with van der Waals surface area (Å²) in [5.74, 6) is 0.692. The Morgan fingerprint density at radius 1 is 1.50 bits per heavy atom. The first-order valence-corrected chi connectivity index (χ1v) is 6.84. The number of likely N-dealkylation sites (tertiary alicyclic amines) is 1. The number of carbonyl (C=O) groups is 1. The summed E-state index contributed by atoms with van der Waals surface area (Å²) < 4.78 is 5.24. The number of rotatable bonds is 3. The summed E-state index contributed by atoms with van der Waals surface area (Å²) in [4.78, 5) is 14.4. The molecule has 1 aliphatic rings. The van der Waals surface area contributed by atoms with Crippen LogP contribution in [0.5, 0.6) is 5.75 Å². The zero-order valence-corrected chi connectivity index (χ0v) is 11.9. The van der Waals surface area contributed by atoms with Gasteiger partial charge in [-0.2, -0.15) is 0 Å². The maximum atomic E-state index is 12.6. The van der Waals surface area contributed by atoms with Crippen LogP contribution >= 0.6 is 0 Å². The number of carbonyl (C=O) groups excluding carboxylic acids is 1. The molecule has 1 amide bonds. The molecule has 0 aliphatic carbocycles. The summed E-state index contributed by atoms with van der Waals surface area (Å²) in [5, 5.41) is 12.3. The van der Waals surface area contributed by atoms with Crippen LogP contribution in [0, 0.1) is 5.92 Å². The fourth-order valence-electron chi connectivity index (χ4n) is 2.59. The average molecular weight is 276 g/mol. The van der Waals surface area contributed by atoms with Crippen LogP contribution in [-0.2, 0) is 0 Å². The maximum absolute atomic E-state index is 12.6. The van der Waals surface area contributed by atoms with Crippen molar-refractivity contribution in [1.29, 1.82) is 0 Å². The standard InChI is InChI=1S/C15H20N2O3/c1-3-11-10-17(9-8-13(11)16-19)15(18)12-6-4-5-7-14(12)20-2/h4-7,11,19H,3,8-10H2,1-2H3/b16-13+. The van der Waals surface area contributed by atoms with Crippen molar-refractivity contribution in [1.82, 2.24) is 4.90 Å². The Hall–Kier alpha value is -2.04. The molecule has 0 radical (unpaired) electrons. The van der Waals surface area contributed by atoms with Crippen LogP contribution in [0.4, 0.5) is 0 Å². The number of benzene rings is 1. The van der Waals surface area contributed by atoms with E-state index in [0.29, 0.717) is 30.8 Å². The van der Waals surface area contributed by atoms with E-state index >= 15 is 0 Å². The smallest absolute Gasteiger partial charge is 0.257 e. The van der Waals surface area contributed by atoms with Gasteiger partial charge in [-0.15, -0.1) is 0 Å². The molecule has 1 N–H and O–H groups in total. The molecule has 5 heteroatoms. The molecule has 1 saturated heterocycles. The Morgan fingerprint density at radius 2 is 2.25 bits per heavy atom. The quantitative estimate of drug-likeness (QED) is 0.681. The van der Waals surface area contributed by atoms with E-state index in [0.717, 1.165) is 12.1 Å². The molecule has 108 valence electrons. The molecule has 1 atom stereocenters. The first kappa shape index (κ1) is 14.4. The molecule has 1 fully saturated rings. The van der Waals surface area contributed by atoms with Crippen molar-refractivity contribution in [3.05, 3.63) is 29.8 Å². The van der Waals surface area contributed by atoms with E-state index in [1.165, 1.54) is 0 Å². The third-order valence-corrected chi connectivity index (χ3v) is 3.80. The maximum Gasteiger partial charge on any atom is 0.257 e. The number of hydrogen-bond donors (Lipinski definition) is 1. The van der Waals surface area contributed by atoms with Gasteiger partial charge in [-0.25, -0.2) is 0 Å². The Balaban J connectivity index is 2.18. The Kier molecular flexibility index (Phi) is 4.61. The number of amides is 1. The van der Waals surface area contributed by atoms with Crippen molar-refractivity contribution < 1.29 is 14.7 Å². The van der Waals surface area contributed by atoms with Crippen LogP contribution in [0.1, 0.15) is 30.1 Å². The Morgan fingerprint density at radius 3 is 2.90 bits per heavy atom. The van der Waals surface area contributed by atoms with Gasteiger partial charge in [0.2, 0.25) is 0 Å². The van der Waals surface area contributed by atoms with Crippen LogP contribution in [0.3, 0.4) is 0 Å². The van der Waals surface area contributed by atoms with Crippen LogP contribution in [0.15, 0.2) is 29.4 Å². The largest absolute Gasteiger partial charge is 0.496 e. The minimum absolute atomic E-state index is 0.0297. The van der Waals surface area contributed by atoms with Crippen LogP contribution in [-0.4, -0.2) is 41.9 Å². The summed E-state index contributed by atoms with van der Waals surface area (Å²) >= 11 is 0. The zero-order chi connectivity index (χ0) is 14.5. The lowest BCUT2D eigenvalue weighted by Gasteiger charge is -2.33. The van der Waals surface area contributed by atoms with E-state index in [4.69, 9.17) is 9.94 Å². The molecular formula is C15H20N2O3. The van der Waals surface area contributed by atoms with Gasteiger partial charge in [-0.3, -0.25) is 4.79 Å². The fraction of sp³-hybridized carbons (Fsp3) is 0.467. The molecule has 1 unspecified atom stereocenters.